The van der Waals surface area contributed by atoms with Crippen LogP contribution in [-0.2, 0) is 14.3 Å². The lowest BCUT2D eigenvalue weighted by Crippen LogP contribution is -2.40. The summed E-state index contributed by atoms with van der Waals surface area (Å²) >= 11 is 7.14. The zero-order valence-electron chi connectivity index (χ0n) is 14.1. The van der Waals surface area contributed by atoms with Crippen LogP contribution in [0.5, 0.6) is 5.75 Å². The van der Waals surface area contributed by atoms with E-state index in [1.165, 1.54) is 31.4 Å². The minimum atomic E-state index is -0.891. The lowest BCUT2D eigenvalue weighted by atomic mass is 10.3. The third kappa shape index (κ3) is 5.47. The van der Waals surface area contributed by atoms with Crippen molar-refractivity contribution in [2.75, 3.05) is 19.0 Å². The predicted molar refractivity (Wildman–Crippen MR) is 98.8 cm³/mol. The molecule has 0 aliphatic heterocycles. The fourth-order valence-corrected chi connectivity index (χ4v) is 2.76. The molecule has 0 aliphatic carbocycles. The Morgan fingerprint density at radius 2 is 2.04 bits per heavy atom. The monoisotopic (exact) mass is 396 g/mol. The molecule has 0 saturated heterocycles. The zero-order chi connectivity index (χ0) is 19.1. The molecule has 2 amide bonds. The lowest BCUT2D eigenvalue weighted by molar-refractivity contribution is -0.148. The first-order chi connectivity index (χ1) is 12.4. The molecule has 9 heteroatoms. The summed E-state index contributed by atoms with van der Waals surface area (Å²) < 4.78 is 10.0. The van der Waals surface area contributed by atoms with Crippen LogP contribution in [0.1, 0.15) is 16.6 Å². The van der Waals surface area contributed by atoms with Crippen LogP contribution in [-0.4, -0.2) is 37.5 Å². The van der Waals surface area contributed by atoms with Crippen LogP contribution in [0.2, 0.25) is 5.02 Å². The molecule has 2 N–H and O–H groups in total. The third-order valence-corrected chi connectivity index (χ3v) is 4.33. The summed E-state index contributed by atoms with van der Waals surface area (Å²) in [6.45, 7) is 0.972. The number of anilines is 1. The van der Waals surface area contributed by atoms with E-state index in [1.807, 2.05) is 0 Å². The maximum Gasteiger partial charge on any atom is 0.328 e. The van der Waals surface area contributed by atoms with E-state index in [2.05, 4.69) is 10.6 Å². The second-order valence-corrected chi connectivity index (χ2v) is 6.56. The van der Waals surface area contributed by atoms with E-state index < -0.39 is 24.5 Å². The van der Waals surface area contributed by atoms with Gasteiger partial charge >= 0.3 is 5.97 Å². The molecule has 2 rings (SSSR count). The highest BCUT2D eigenvalue weighted by Gasteiger charge is 2.19. The Morgan fingerprint density at radius 1 is 1.27 bits per heavy atom. The topological polar surface area (TPSA) is 93.7 Å². The third-order valence-electron chi connectivity index (χ3n) is 3.23. The van der Waals surface area contributed by atoms with Gasteiger partial charge in [-0.1, -0.05) is 17.7 Å². The van der Waals surface area contributed by atoms with E-state index in [1.54, 1.807) is 29.6 Å². The Balaban J connectivity index is 1.84. The molecule has 1 atom stereocenters. The van der Waals surface area contributed by atoms with E-state index in [0.717, 1.165) is 0 Å². The Kier molecular flexibility index (Phi) is 6.99. The molecule has 7 nitrogen and oxygen atoms in total. The molecule has 0 saturated carbocycles. The van der Waals surface area contributed by atoms with Gasteiger partial charge in [0.1, 0.15) is 11.8 Å². The maximum absolute atomic E-state index is 12.0. The van der Waals surface area contributed by atoms with Gasteiger partial charge in [0.15, 0.2) is 6.61 Å². The highest BCUT2D eigenvalue weighted by molar-refractivity contribution is 7.12. The maximum atomic E-state index is 12.0. The van der Waals surface area contributed by atoms with Crippen LogP contribution < -0.4 is 15.4 Å². The van der Waals surface area contributed by atoms with Crippen molar-refractivity contribution in [2.24, 2.45) is 0 Å². The number of esters is 1. The number of carbonyl (C=O) groups excluding carboxylic acids is 3. The summed E-state index contributed by atoms with van der Waals surface area (Å²) in [5.74, 6) is -1.23. The van der Waals surface area contributed by atoms with E-state index in [9.17, 15) is 14.4 Å². The van der Waals surface area contributed by atoms with Crippen LogP contribution in [0.15, 0.2) is 35.7 Å². The fraction of sp³-hybridized carbons (Fsp3) is 0.235. The van der Waals surface area contributed by atoms with Crippen molar-refractivity contribution < 1.29 is 23.9 Å². The largest absolute Gasteiger partial charge is 0.495 e. The standard InChI is InChI=1S/C17H17ClN2O5S/c1-10(19-16(22)14-4-3-7-26-14)17(23)25-9-15(21)20-12-8-11(18)5-6-13(12)24-2/h3-8,10H,9H2,1-2H3,(H,19,22)(H,20,21). The van der Waals surface area contributed by atoms with E-state index >= 15 is 0 Å². The van der Waals surface area contributed by atoms with Gasteiger partial charge in [-0.05, 0) is 36.6 Å². The van der Waals surface area contributed by atoms with Gasteiger partial charge in [-0.3, -0.25) is 9.59 Å². The van der Waals surface area contributed by atoms with Crippen LogP contribution >= 0.6 is 22.9 Å². The molecular weight excluding hydrogens is 380 g/mol. The average molecular weight is 397 g/mol. The van der Waals surface area contributed by atoms with Crippen molar-refractivity contribution in [1.82, 2.24) is 5.32 Å². The van der Waals surface area contributed by atoms with Crippen molar-refractivity contribution >= 4 is 46.4 Å². The van der Waals surface area contributed by atoms with Crippen molar-refractivity contribution in [3.05, 3.63) is 45.6 Å². The summed E-state index contributed by atoms with van der Waals surface area (Å²) in [6, 6.07) is 7.23. The molecule has 0 radical (unpaired) electrons. The minimum Gasteiger partial charge on any atom is -0.495 e. The highest BCUT2D eigenvalue weighted by Crippen LogP contribution is 2.27. The number of thiophene rings is 1. The smallest absolute Gasteiger partial charge is 0.328 e. The number of carbonyl (C=O) groups is 3. The van der Waals surface area contributed by atoms with Crippen molar-refractivity contribution in [2.45, 2.75) is 13.0 Å². The number of ether oxygens (including phenoxy) is 2. The van der Waals surface area contributed by atoms with Gasteiger partial charge < -0.3 is 20.1 Å². The first-order valence-corrected chi connectivity index (χ1v) is 8.81. The number of hydrogen-bond acceptors (Lipinski definition) is 6. The van der Waals surface area contributed by atoms with Crippen LogP contribution in [0, 0.1) is 0 Å². The van der Waals surface area contributed by atoms with Gasteiger partial charge in [0.05, 0.1) is 17.7 Å². The molecule has 26 heavy (non-hydrogen) atoms. The van der Waals surface area contributed by atoms with Gasteiger partial charge in [0.2, 0.25) is 0 Å². The first kappa shape index (κ1) is 19.7. The number of nitrogens with one attached hydrogen (secondary N) is 2. The van der Waals surface area contributed by atoms with Crippen molar-refractivity contribution in [3.63, 3.8) is 0 Å². The molecule has 1 unspecified atom stereocenters. The normalized spacial score (nSPS) is 11.3. The second-order valence-electron chi connectivity index (χ2n) is 5.17. The summed E-state index contributed by atoms with van der Waals surface area (Å²) in [7, 11) is 1.46. The van der Waals surface area contributed by atoms with Crippen LogP contribution in [0.25, 0.3) is 0 Å². The molecule has 0 aliphatic rings. The quantitative estimate of drug-likeness (QED) is 0.702. The Bertz CT molecular complexity index is 794. The number of halogens is 1. The molecule has 0 fully saturated rings. The van der Waals surface area contributed by atoms with Gasteiger partial charge in [0, 0.05) is 5.02 Å². The molecule has 1 aromatic heterocycles. The summed E-state index contributed by atoms with van der Waals surface area (Å²) in [4.78, 5) is 36.2. The van der Waals surface area contributed by atoms with Gasteiger partial charge in [-0.15, -0.1) is 11.3 Å². The first-order valence-electron chi connectivity index (χ1n) is 7.55. The molecular formula is C17H17ClN2O5S. The lowest BCUT2D eigenvalue weighted by Gasteiger charge is -2.14. The fourth-order valence-electron chi connectivity index (χ4n) is 1.96. The van der Waals surface area contributed by atoms with E-state index in [4.69, 9.17) is 21.1 Å². The number of methoxy groups -OCH3 is 1. The van der Waals surface area contributed by atoms with E-state index in [0.29, 0.717) is 21.3 Å². The number of benzene rings is 1. The summed E-state index contributed by atoms with van der Waals surface area (Å²) in [6.07, 6.45) is 0. The van der Waals surface area contributed by atoms with Gasteiger partial charge in [0.25, 0.3) is 11.8 Å². The van der Waals surface area contributed by atoms with Crippen molar-refractivity contribution in [1.29, 1.82) is 0 Å². The summed E-state index contributed by atoms with van der Waals surface area (Å²) in [5.41, 5.74) is 0.361. The van der Waals surface area contributed by atoms with Crippen LogP contribution in [0.4, 0.5) is 5.69 Å². The highest BCUT2D eigenvalue weighted by atomic mass is 35.5. The molecule has 0 spiro atoms. The van der Waals surface area contributed by atoms with Gasteiger partial charge in [-0.25, -0.2) is 4.79 Å². The van der Waals surface area contributed by atoms with Crippen molar-refractivity contribution in [3.8, 4) is 5.75 Å². The van der Waals surface area contributed by atoms with Gasteiger partial charge in [-0.2, -0.15) is 0 Å². The zero-order valence-corrected chi connectivity index (χ0v) is 15.6. The molecule has 138 valence electrons. The number of amides is 2. The minimum absolute atomic E-state index is 0.361. The Labute approximate surface area is 159 Å². The molecule has 1 heterocycles. The Morgan fingerprint density at radius 3 is 2.69 bits per heavy atom. The molecule has 0 bridgehead atoms. The average Bonchev–Trinajstić information content (AvgIpc) is 3.14. The Hall–Kier alpha value is -2.58. The van der Waals surface area contributed by atoms with Crippen LogP contribution in [0.3, 0.4) is 0 Å². The molecule has 1 aromatic carbocycles. The number of rotatable bonds is 7. The summed E-state index contributed by atoms with van der Waals surface area (Å²) in [5, 5.41) is 7.23. The second kappa shape index (κ2) is 9.21. The van der Waals surface area contributed by atoms with E-state index in [-0.39, 0.29) is 5.91 Å². The molecule has 2 aromatic rings. The predicted octanol–water partition coefficient (Wildman–Crippen LogP) is 2.71. The SMILES string of the molecule is COc1ccc(Cl)cc1NC(=O)COC(=O)C(C)NC(=O)c1cccs1. The number of hydrogen-bond donors (Lipinski definition) is 2.